The van der Waals surface area contributed by atoms with Crippen molar-refractivity contribution in [2.24, 2.45) is 0 Å². The van der Waals surface area contributed by atoms with Gasteiger partial charge in [-0.15, -0.1) is 6.42 Å². The zero-order chi connectivity index (χ0) is 16.2. The number of hydrogen-bond donors (Lipinski definition) is 1. The highest BCUT2D eigenvalue weighted by Gasteiger charge is 2.30. The molecule has 2 nitrogen and oxygen atoms in total. The van der Waals surface area contributed by atoms with Crippen molar-refractivity contribution >= 4 is 5.91 Å². The van der Waals surface area contributed by atoms with Gasteiger partial charge in [-0.25, -0.2) is 0 Å². The fraction of sp³-hybridized carbons (Fsp3) is 0.118. The van der Waals surface area contributed by atoms with Crippen LogP contribution in [-0.4, -0.2) is 5.91 Å². The van der Waals surface area contributed by atoms with E-state index in [1.807, 2.05) is 0 Å². The van der Waals surface area contributed by atoms with Crippen molar-refractivity contribution in [3.63, 3.8) is 0 Å². The molecule has 0 aliphatic carbocycles. The summed E-state index contributed by atoms with van der Waals surface area (Å²) in [7, 11) is 0. The van der Waals surface area contributed by atoms with Crippen LogP contribution in [0.15, 0.2) is 48.5 Å². The standard InChI is InChI=1S/C17H12F3NO/c1-2-12-5-3-7-14(9-12)16(22)21-11-13-6-4-8-15(10-13)17(18,19)20/h1,3-10H,11H2,(H,21,22). The van der Waals surface area contributed by atoms with Gasteiger partial charge in [0.25, 0.3) is 5.91 Å². The molecular formula is C17H12F3NO. The second-order valence-corrected chi connectivity index (χ2v) is 4.61. The molecule has 0 aliphatic rings. The van der Waals surface area contributed by atoms with Gasteiger partial charge in [0.2, 0.25) is 0 Å². The molecule has 0 spiro atoms. The minimum Gasteiger partial charge on any atom is -0.348 e. The Bertz CT molecular complexity index is 729. The number of amides is 1. The summed E-state index contributed by atoms with van der Waals surface area (Å²) in [6, 6.07) is 11.3. The Kier molecular flexibility index (Phi) is 4.52. The molecule has 2 aromatic rings. The maximum Gasteiger partial charge on any atom is 0.416 e. The first kappa shape index (κ1) is 15.6. The summed E-state index contributed by atoms with van der Waals surface area (Å²) in [5, 5.41) is 2.57. The van der Waals surface area contributed by atoms with Crippen LogP contribution in [0.3, 0.4) is 0 Å². The van der Waals surface area contributed by atoms with Gasteiger partial charge in [0.1, 0.15) is 0 Å². The highest BCUT2D eigenvalue weighted by atomic mass is 19.4. The largest absolute Gasteiger partial charge is 0.416 e. The van der Waals surface area contributed by atoms with Gasteiger partial charge >= 0.3 is 6.18 Å². The summed E-state index contributed by atoms with van der Waals surface area (Å²) in [5.74, 6) is 2.02. The van der Waals surface area contributed by atoms with Crippen LogP contribution in [0.25, 0.3) is 0 Å². The second kappa shape index (κ2) is 6.35. The first-order valence-electron chi connectivity index (χ1n) is 6.41. The molecule has 2 rings (SSSR count). The van der Waals surface area contributed by atoms with E-state index in [9.17, 15) is 18.0 Å². The molecule has 0 unspecified atom stereocenters. The van der Waals surface area contributed by atoms with Crippen molar-refractivity contribution in [1.82, 2.24) is 5.32 Å². The number of halogens is 3. The minimum atomic E-state index is -4.40. The van der Waals surface area contributed by atoms with E-state index in [1.54, 1.807) is 24.3 Å². The quantitative estimate of drug-likeness (QED) is 0.862. The van der Waals surface area contributed by atoms with Crippen LogP contribution in [0.5, 0.6) is 0 Å². The number of terminal acetylenes is 1. The molecule has 0 radical (unpaired) electrons. The topological polar surface area (TPSA) is 29.1 Å². The molecule has 0 bridgehead atoms. The van der Waals surface area contributed by atoms with E-state index in [1.165, 1.54) is 12.1 Å². The van der Waals surface area contributed by atoms with Gasteiger partial charge in [-0.05, 0) is 35.9 Å². The number of nitrogens with one attached hydrogen (secondary N) is 1. The van der Waals surface area contributed by atoms with Crippen molar-refractivity contribution in [1.29, 1.82) is 0 Å². The summed E-state index contributed by atoms with van der Waals surface area (Å²) in [6.45, 7) is 0.00301. The summed E-state index contributed by atoms with van der Waals surface area (Å²) in [4.78, 5) is 12.0. The third kappa shape index (κ3) is 3.89. The van der Waals surface area contributed by atoms with Gasteiger partial charge in [0.05, 0.1) is 5.56 Å². The van der Waals surface area contributed by atoms with Crippen molar-refractivity contribution in [3.05, 3.63) is 70.8 Å². The van der Waals surface area contributed by atoms with Gasteiger partial charge < -0.3 is 5.32 Å². The van der Waals surface area contributed by atoms with Gasteiger partial charge in [0.15, 0.2) is 0 Å². The molecule has 0 aliphatic heterocycles. The number of carbonyl (C=O) groups excluding carboxylic acids is 1. The second-order valence-electron chi connectivity index (χ2n) is 4.61. The summed E-state index contributed by atoms with van der Waals surface area (Å²) < 4.78 is 37.8. The zero-order valence-electron chi connectivity index (χ0n) is 11.4. The highest BCUT2D eigenvalue weighted by molar-refractivity contribution is 5.94. The molecule has 112 valence electrons. The Balaban J connectivity index is 2.07. The molecule has 1 N–H and O–H groups in total. The molecule has 5 heteroatoms. The fourth-order valence-electron chi connectivity index (χ4n) is 1.89. The van der Waals surface area contributed by atoms with E-state index in [2.05, 4.69) is 11.2 Å². The molecule has 0 fully saturated rings. The van der Waals surface area contributed by atoms with Gasteiger partial charge in [-0.1, -0.05) is 24.1 Å². The normalized spacial score (nSPS) is 10.8. The maximum atomic E-state index is 12.6. The Morgan fingerprint density at radius 1 is 1.14 bits per heavy atom. The Morgan fingerprint density at radius 3 is 2.55 bits per heavy atom. The lowest BCUT2D eigenvalue weighted by Crippen LogP contribution is -2.23. The van der Waals surface area contributed by atoms with E-state index in [4.69, 9.17) is 6.42 Å². The molecule has 0 saturated carbocycles. The molecule has 2 aromatic carbocycles. The molecular weight excluding hydrogens is 291 g/mol. The maximum absolute atomic E-state index is 12.6. The molecule has 0 aromatic heterocycles. The minimum absolute atomic E-state index is 0.00301. The number of carbonyl (C=O) groups is 1. The summed E-state index contributed by atoms with van der Waals surface area (Å²) >= 11 is 0. The van der Waals surface area contributed by atoms with E-state index >= 15 is 0 Å². The predicted molar refractivity (Wildman–Crippen MR) is 77.0 cm³/mol. The fourth-order valence-corrected chi connectivity index (χ4v) is 1.89. The first-order valence-corrected chi connectivity index (χ1v) is 6.41. The number of rotatable bonds is 3. The van der Waals surface area contributed by atoms with E-state index in [-0.39, 0.29) is 6.54 Å². The molecule has 1 amide bonds. The highest BCUT2D eigenvalue weighted by Crippen LogP contribution is 2.29. The van der Waals surface area contributed by atoms with Crippen LogP contribution in [0.4, 0.5) is 13.2 Å². The predicted octanol–water partition coefficient (Wildman–Crippen LogP) is 3.62. The molecule has 22 heavy (non-hydrogen) atoms. The Labute approximate surface area is 126 Å². The van der Waals surface area contributed by atoms with Crippen LogP contribution in [0.2, 0.25) is 0 Å². The van der Waals surface area contributed by atoms with Crippen LogP contribution >= 0.6 is 0 Å². The number of hydrogen-bond acceptors (Lipinski definition) is 1. The van der Waals surface area contributed by atoms with Crippen LogP contribution in [0, 0.1) is 12.3 Å². The lowest BCUT2D eigenvalue weighted by molar-refractivity contribution is -0.137. The van der Waals surface area contributed by atoms with Crippen molar-refractivity contribution < 1.29 is 18.0 Å². The van der Waals surface area contributed by atoms with Crippen LogP contribution in [0.1, 0.15) is 27.0 Å². The van der Waals surface area contributed by atoms with Crippen molar-refractivity contribution in [2.75, 3.05) is 0 Å². The van der Waals surface area contributed by atoms with Crippen LogP contribution < -0.4 is 5.32 Å². The van der Waals surface area contributed by atoms with E-state index < -0.39 is 17.6 Å². The zero-order valence-corrected chi connectivity index (χ0v) is 11.4. The third-order valence-electron chi connectivity index (χ3n) is 3.00. The van der Waals surface area contributed by atoms with E-state index in [0.29, 0.717) is 16.7 Å². The monoisotopic (exact) mass is 303 g/mol. The van der Waals surface area contributed by atoms with Gasteiger partial charge in [-0.2, -0.15) is 13.2 Å². The van der Waals surface area contributed by atoms with Crippen molar-refractivity contribution in [2.45, 2.75) is 12.7 Å². The molecule has 0 heterocycles. The van der Waals surface area contributed by atoms with Gasteiger partial charge in [0, 0.05) is 17.7 Å². The average Bonchev–Trinajstić information content (AvgIpc) is 2.52. The average molecular weight is 303 g/mol. The Morgan fingerprint density at radius 2 is 1.86 bits per heavy atom. The number of benzene rings is 2. The summed E-state index contributed by atoms with van der Waals surface area (Å²) in [5.41, 5.74) is 0.555. The molecule has 0 atom stereocenters. The number of alkyl halides is 3. The SMILES string of the molecule is C#Cc1cccc(C(=O)NCc2cccc(C(F)(F)F)c2)c1. The Hall–Kier alpha value is -2.74. The summed E-state index contributed by atoms with van der Waals surface area (Å²) in [6.07, 6.45) is 0.851. The first-order chi connectivity index (χ1) is 10.4. The lowest BCUT2D eigenvalue weighted by atomic mass is 10.1. The lowest BCUT2D eigenvalue weighted by Gasteiger charge is -2.10. The van der Waals surface area contributed by atoms with Crippen LogP contribution in [-0.2, 0) is 12.7 Å². The van der Waals surface area contributed by atoms with Gasteiger partial charge in [-0.3, -0.25) is 4.79 Å². The smallest absolute Gasteiger partial charge is 0.348 e. The van der Waals surface area contributed by atoms with E-state index in [0.717, 1.165) is 12.1 Å². The molecule has 0 saturated heterocycles. The third-order valence-corrected chi connectivity index (χ3v) is 3.00. The van der Waals surface area contributed by atoms with Crippen molar-refractivity contribution in [3.8, 4) is 12.3 Å².